The maximum atomic E-state index is 11.4. The predicted octanol–water partition coefficient (Wildman–Crippen LogP) is 5.44. The van der Waals surface area contributed by atoms with Gasteiger partial charge in [-0.05, 0) is 43.4 Å². The third kappa shape index (κ3) is 10.8. The Balaban J connectivity index is 2.57. The number of nitrogens with one attached hydrogen (secondary N) is 1. The highest BCUT2D eigenvalue weighted by atomic mass is 32.1. The van der Waals surface area contributed by atoms with Gasteiger partial charge in [0.15, 0.2) is 0 Å². The Morgan fingerprint density at radius 2 is 1.76 bits per heavy atom. The van der Waals surface area contributed by atoms with Gasteiger partial charge in [-0.2, -0.15) is 0 Å². The van der Waals surface area contributed by atoms with E-state index in [0.717, 1.165) is 80.6 Å². The molecule has 6 nitrogen and oxygen atoms in total. The summed E-state index contributed by atoms with van der Waals surface area (Å²) in [5, 5.41) is 21.4. The second-order valence-corrected chi connectivity index (χ2v) is 9.85. The van der Waals surface area contributed by atoms with Gasteiger partial charge in [-0.1, -0.05) is 84.1 Å². The normalized spacial score (nSPS) is 12.4. The lowest BCUT2D eigenvalue weighted by atomic mass is 9.77. The lowest BCUT2D eigenvalue weighted by molar-refractivity contribution is -0.144. The predicted molar refractivity (Wildman–Crippen MR) is 144 cm³/mol. The minimum absolute atomic E-state index is 0.0773. The van der Waals surface area contributed by atoms with Gasteiger partial charge in [-0.3, -0.25) is 9.80 Å². The number of hydrazine groups is 1. The van der Waals surface area contributed by atoms with Crippen LogP contribution in [0.25, 0.3) is 0 Å². The molecule has 0 spiro atoms. The van der Waals surface area contributed by atoms with Crippen molar-refractivity contribution in [2.45, 2.75) is 103 Å². The fourth-order valence-corrected chi connectivity index (χ4v) is 4.00. The number of unbranched alkanes of at least 4 members (excludes halogenated alkanes) is 5. The largest absolute Gasteiger partial charge is 0.463 e. The van der Waals surface area contributed by atoms with Crippen LogP contribution in [0, 0.1) is 0 Å². The number of anilines is 1. The van der Waals surface area contributed by atoms with Crippen LogP contribution in [0.1, 0.15) is 97.5 Å². The SMILES string of the molecule is CCCCCC(O)C(C)(C)c1ccc(N(NCCCCCCC(=O)OCCO)C(=S)CC)cc1. The van der Waals surface area contributed by atoms with Crippen molar-refractivity contribution in [1.82, 2.24) is 5.43 Å². The van der Waals surface area contributed by atoms with E-state index >= 15 is 0 Å². The molecule has 0 radical (unpaired) electrons. The highest BCUT2D eigenvalue weighted by Crippen LogP contribution is 2.31. The second-order valence-electron chi connectivity index (χ2n) is 9.38. The number of carbonyl (C=O) groups excluding carboxylic acids is 1. The molecule has 1 aromatic carbocycles. The van der Waals surface area contributed by atoms with Gasteiger partial charge in [-0.25, -0.2) is 5.43 Å². The van der Waals surface area contributed by atoms with Gasteiger partial charge in [0.2, 0.25) is 0 Å². The quantitative estimate of drug-likeness (QED) is 0.108. The Hall–Kier alpha value is -1.54. The summed E-state index contributed by atoms with van der Waals surface area (Å²) in [7, 11) is 0. The van der Waals surface area contributed by atoms with Crippen molar-refractivity contribution in [2.24, 2.45) is 0 Å². The zero-order valence-electron chi connectivity index (χ0n) is 21.6. The van der Waals surface area contributed by atoms with Gasteiger partial charge in [0.05, 0.1) is 23.4 Å². The van der Waals surface area contributed by atoms with Gasteiger partial charge >= 0.3 is 5.97 Å². The molecule has 1 atom stereocenters. The number of aliphatic hydroxyl groups excluding tert-OH is 2. The van der Waals surface area contributed by atoms with E-state index in [4.69, 9.17) is 22.1 Å². The maximum Gasteiger partial charge on any atom is 0.305 e. The molecule has 194 valence electrons. The summed E-state index contributed by atoms with van der Waals surface area (Å²) >= 11 is 5.60. The molecule has 0 heterocycles. The Morgan fingerprint density at radius 1 is 1.09 bits per heavy atom. The lowest BCUT2D eigenvalue weighted by Crippen LogP contribution is -2.42. The van der Waals surface area contributed by atoms with Gasteiger partial charge in [0.1, 0.15) is 6.61 Å². The summed E-state index contributed by atoms with van der Waals surface area (Å²) < 4.78 is 4.87. The molecular formula is C27H46N2O4S. The van der Waals surface area contributed by atoms with Crippen molar-refractivity contribution in [1.29, 1.82) is 0 Å². The molecule has 34 heavy (non-hydrogen) atoms. The van der Waals surface area contributed by atoms with E-state index in [1.807, 2.05) is 5.01 Å². The molecule has 0 saturated carbocycles. The van der Waals surface area contributed by atoms with E-state index in [2.05, 4.69) is 57.4 Å². The number of nitrogens with zero attached hydrogens (tertiary/aromatic N) is 1. The fourth-order valence-electron chi connectivity index (χ4n) is 3.83. The first kappa shape index (κ1) is 30.5. The summed E-state index contributed by atoms with van der Waals surface area (Å²) in [5.74, 6) is -0.244. The average molecular weight is 495 g/mol. The fraction of sp³-hybridized carbons (Fsp3) is 0.704. The van der Waals surface area contributed by atoms with E-state index < -0.39 is 0 Å². The number of aliphatic hydroxyl groups is 2. The minimum atomic E-state index is -0.368. The van der Waals surface area contributed by atoms with Crippen LogP contribution in [0.4, 0.5) is 5.69 Å². The first-order chi connectivity index (χ1) is 16.3. The number of benzene rings is 1. The number of ether oxygens (including phenoxy) is 1. The first-order valence-corrected chi connectivity index (χ1v) is 13.3. The van der Waals surface area contributed by atoms with Crippen molar-refractivity contribution in [2.75, 3.05) is 24.8 Å². The van der Waals surface area contributed by atoms with E-state index in [1.54, 1.807) is 0 Å². The standard InChI is InChI=1S/C27H46N2O4S/c1-5-7-10-13-24(31)27(3,4)22-15-17-23(18-16-22)29(25(34)6-2)28-19-12-9-8-11-14-26(32)33-21-20-30/h15-18,24,28,30-31H,5-14,19-21H2,1-4H3. The summed E-state index contributed by atoms with van der Waals surface area (Å²) in [4.78, 5) is 12.3. The summed E-state index contributed by atoms with van der Waals surface area (Å²) in [5.41, 5.74) is 5.27. The van der Waals surface area contributed by atoms with Crippen LogP contribution in [-0.2, 0) is 14.9 Å². The molecule has 0 fully saturated rings. The Kier molecular flexibility index (Phi) is 15.2. The molecule has 0 aliphatic rings. The van der Waals surface area contributed by atoms with Crippen molar-refractivity contribution in [3.8, 4) is 0 Å². The molecular weight excluding hydrogens is 448 g/mol. The number of carbonyl (C=O) groups is 1. The van der Waals surface area contributed by atoms with Crippen LogP contribution in [0.3, 0.4) is 0 Å². The molecule has 0 bridgehead atoms. The average Bonchev–Trinajstić information content (AvgIpc) is 2.84. The van der Waals surface area contributed by atoms with Crippen molar-refractivity contribution in [3.63, 3.8) is 0 Å². The Morgan fingerprint density at radius 3 is 2.38 bits per heavy atom. The van der Waals surface area contributed by atoms with E-state index in [0.29, 0.717) is 6.42 Å². The number of rotatable bonds is 18. The van der Waals surface area contributed by atoms with Crippen molar-refractivity contribution in [3.05, 3.63) is 29.8 Å². The van der Waals surface area contributed by atoms with Crippen LogP contribution in [0.15, 0.2) is 24.3 Å². The van der Waals surface area contributed by atoms with Crippen molar-refractivity contribution >= 4 is 28.9 Å². The Bertz CT molecular complexity index is 709. The van der Waals surface area contributed by atoms with Crippen LogP contribution >= 0.6 is 12.2 Å². The molecule has 0 amide bonds. The van der Waals surface area contributed by atoms with Crippen molar-refractivity contribution < 1.29 is 19.7 Å². The minimum Gasteiger partial charge on any atom is -0.463 e. The monoisotopic (exact) mass is 494 g/mol. The molecule has 0 saturated heterocycles. The lowest BCUT2D eigenvalue weighted by Gasteiger charge is -2.32. The maximum absolute atomic E-state index is 11.4. The van der Waals surface area contributed by atoms with Crippen LogP contribution in [0.5, 0.6) is 0 Å². The molecule has 0 aliphatic carbocycles. The smallest absolute Gasteiger partial charge is 0.305 e. The molecule has 0 aliphatic heterocycles. The van der Waals surface area contributed by atoms with E-state index in [-0.39, 0.29) is 30.7 Å². The number of thiocarbonyl (C=S) groups is 1. The third-order valence-electron chi connectivity index (χ3n) is 6.27. The number of hydrogen-bond donors (Lipinski definition) is 3. The summed E-state index contributed by atoms with van der Waals surface area (Å²) in [6.07, 6.45) is 8.71. The molecule has 3 N–H and O–H groups in total. The molecule has 7 heteroatoms. The first-order valence-electron chi connectivity index (χ1n) is 12.9. The third-order valence-corrected chi connectivity index (χ3v) is 6.74. The summed E-state index contributed by atoms with van der Waals surface area (Å²) in [6.45, 7) is 9.19. The molecule has 1 rings (SSSR count). The Labute approximate surface area is 212 Å². The highest BCUT2D eigenvalue weighted by Gasteiger charge is 2.29. The number of hydrogen-bond acceptors (Lipinski definition) is 6. The van der Waals surface area contributed by atoms with Gasteiger partial charge in [-0.15, -0.1) is 0 Å². The second kappa shape index (κ2) is 17.0. The number of esters is 1. The van der Waals surface area contributed by atoms with Crippen LogP contribution < -0.4 is 10.4 Å². The van der Waals surface area contributed by atoms with Gasteiger partial charge < -0.3 is 14.9 Å². The van der Waals surface area contributed by atoms with Crippen LogP contribution in [0.2, 0.25) is 0 Å². The topological polar surface area (TPSA) is 82.0 Å². The van der Waals surface area contributed by atoms with Gasteiger partial charge in [0, 0.05) is 18.4 Å². The highest BCUT2D eigenvalue weighted by molar-refractivity contribution is 7.80. The zero-order valence-corrected chi connectivity index (χ0v) is 22.5. The molecule has 0 aromatic heterocycles. The summed E-state index contributed by atoms with van der Waals surface area (Å²) in [6, 6.07) is 8.34. The van der Waals surface area contributed by atoms with E-state index in [1.165, 1.54) is 0 Å². The zero-order chi connectivity index (χ0) is 25.4. The van der Waals surface area contributed by atoms with Crippen LogP contribution in [-0.4, -0.2) is 47.0 Å². The van der Waals surface area contributed by atoms with Gasteiger partial charge in [0.25, 0.3) is 0 Å². The van der Waals surface area contributed by atoms with E-state index in [9.17, 15) is 9.90 Å². The molecule has 1 aromatic rings. The molecule has 1 unspecified atom stereocenters.